The quantitative estimate of drug-likeness (QED) is 0.685. The molecule has 1 amide bonds. The molecule has 7 nitrogen and oxygen atoms in total. The summed E-state index contributed by atoms with van der Waals surface area (Å²) in [4.78, 5) is 16.4. The van der Waals surface area contributed by atoms with Crippen LogP contribution in [0.5, 0.6) is 5.75 Å². The van der Waals surface area contributed by atoms with E-state index in [4.69, 9.17) is 9.47 Å². The smallest absolute Gasteiger partial charge is 0.280 e. The van der Waals surface area contributed by atoms with Crippen molar-refractivity contribution in [3.63, 3.8) is 0 Å². The topological polar surface area (TPSA) is 78.3 Å². The molecule has 0 fully saturated rings. The van der Waals surface area contributed by atoms with E-state index in [2.05, 4.69) is 15.4 Å². The Morgan fingerprint density at radius 3 is 2.81 bits per heavy atom. The molecule has 0 spiro atoms. The zero-order chi connectivity index (χ0) is 19.4. The molecule has 0 aliphatic carbocycles. The highest BCUT2D eigenvalue weighted by atomic mass is 19.3. The SMILES string of the molecule is COCCn1cc2cc(C(=O)Nc3cccc(C(F)F)n3)c(OC)cc2n1. The number of carbonyl (C=O) groups excluding carboxylic acids is 1. The number of halogens is 2. The number of alkyl halides is 2. The number of aromatic nitrogens is 3. The largest absolute Gasteiger partial charge is 0.496 e. The van der Waals surface area contributed by atoms with E-state index in [-0.39, 0.29) is 11.4 Å². The second-order valence-electron chi connectivity index (χ2n) is 5.70. The Morgan fingerprint density at radius 1 is 1.30 bits per heavy atom. The Labute approximate surface area is 153 Å². The molecule has 0 atom stereocenters. The molecule has 3 aromatic rings. The molecule has 142 valence electrons. The predicted octanol–water partition coefficient (Wildman–Crippen LogP) is 3.28. The lowest BCUT2D eigenvalue weighted by atomic mass is 10.1. The molecular formula is C18H18F2N4O3. The molecule has 0 unspecified atom stereocenters. The standard InChI is InChI=1S/C18H18F2N4O3/c1-26-7-6-24-10-11-8-12(15(27-2)9-14(11)23-24)18(25)22-16-5-3-4-13(21-16)17(19)20/h3-5,8-10,17H,6-7H2,1-2H3,(H,21,22,25). The van der Waals surface area contributed by atoms with Gasteiger partial charge in [0.15, 0.2) is 0 Å². The number of methoxy groups -OCH3 is 2. The van der Waals surface area contributed by atoms with Gasteiger partial charge in [0.1, 0.15) is 17.3 Å². The summed E-state index contributed by atoms with van der Waals surface area (Å²) in [5.74, 6) is -0.157. The number of anilines is 1. The van der Waals surface area contributed by atoms with Gasteiger partial charge in [0.25, 0.3) is 12.3 Å². The van der Waals surface area contributed by atoms with Gasteiger partial charge >= 0.3 is 0 Å². The molecule has 27 heavy (non-hydrogen) atoms. The Bertz CT molecular complexity index is 959. The Morgan fingerprint density at radius 2 is 2.11 bits per heavy atom. The van der Waals surface area contributed by atoms with Crippen LogP contribution in [-0.2, 0) is 11.3 Å². The van der Waals surface area contributed by atoms with Crippen LogP contribution in [0.15, 0.2) is 36.5 Å². The van der Waals surface area contributed by atoms with Crippen LogP contribution in [0.1, 0.15) is 22.5 Å². The summed E-state index contributed by atoms with van der Waals surface area (Å²) in [6, 6.07) is 7.33. The summed E-state index contributed by atoms with van der Waals surface area (Å²) in [7, 11) is 3.04. The van der Waals surface area contributed by atoms with Crippen molar-refractivity contribution in [1.82, 2.24) is 14.8 Å². The summed E-state index contributed by atoms with van der Waals surface area (Å²) in [6.07, 6.45) is -0.925. The average molecular weight is 376 g/mol. The molecular weight excluding hydrogens is 358 g/mol. The van der Waals surface area contributed by atoms with Gasteiger partial charge in [0.05, 0.1) is 31.3 Å². The number of pyridine rings is 1. The second kappa shape index (κ2) is 8.09. The second-order valence-corrected chi connectivity index (χ2v) is 5.70. The van der Waals surface area contributed by atoms with Crippen molar-refractivity contribution in [3.05, 3.63) is 47.8 Å². The van der Waals surface area contributed by atoms with Crippen molar-refractivity contribution < 1.29 is 23.0 Å². The average Bonchev–Trinajstić information content (AvgIpc) is 3.07. The van der Waals surface area contributed by atoms with E-state index in [9.17, 15) is 13.6 Å². The van der Waals surface area contributed by atoms with E-state index in [1.807, 2.05) is 0 Å². The maximum atomic E-state index is 12.8. The van der Waals surface area contributed by atoms with E-state index >= 15 is 0 Å². The first-order valence-electron chi connectivity index (χ1n) is 8.12. The van der Waals surface area contributed by atoms with Gasteiger partial charge in [-0.3, -0.25) is 9.48 Å². The van der Waals surface area contributed by atoms with Gasteiger partial charge in [0, 0.05) is 24.8 Å². The third-order valence-corrected chi connectivity index (χ3v) is 3.88. The highest BCUT2D eigenvalue weighted by Crippen LogP contribution is 2.26. The lowest BCUT2D eigenvalue weighted by Gasteiger charge is -2.10. The Balaban J connectivity index is 1.89. The maximum Gasteiger partial charge on any atom is 0.280 e. The number of amides is 1. The molecule has 2 heterocycles. The van der Waals surface area contributed by atoms with Gasteiger partial charge in [-0.15, -0.1) is 0 Å². The van der Waals surface area contributed by atoms with Crippen LogP contribution in [-0.4, -0.2) is 41.5 Å². The normalized spacial score (nSPS) is 11.1. The van der Waals surface area contributed by atoms with Crippen LogP contribution >= 0.6 is 0 Å². The third-order valence-electron chi connectivity index (χ3n) is 3.88. The summed E-state index contributed by atoms with van der Waals surface area (Å²) >= 11 is 0. The van der Waals surface area contributed by atoms with Gasteiger partial charge in [-0.05, 0) is 18.2 Å². The minimum atomic E-state index is -2.72. The van der Waals surface area contributed by atoms with Crippen molar-refractivity contribution in [2.75, 3.05) is 26.1 Å². The van der Waals surface area contributed by atoms with Gasteiger partial charge in [-0.25, -0.2) is 13.8 Å². The van der Waals surface area contributed by atoms with E-state index in [0.717, 1.165) is 5.39 Å². The predicted molar refractivity (Wildman–Crippen MR) is 95.3 cm³/mol. The van der Waals surface area contributed by atoms with E-state index < -0.39 is 18.0 Å². The van der Waals surface area contributed by atoms with Crippen LogP contribution in [0.25, 0.3) is 10.9 Å². The van der Waals surface area contributed by atoms with Crippen LogP contribution in [0.3, 0.4) is 0 Å². The van der Waals surface area contributed by atoms with Crippen molar-refractivity contribution in [2.45, 2.75) is 13.0 Å². The fraction of sp³-hybridized carbons (Fsp3) is 0.278. The fourth-order valence-corrected chi connectivity index (χ4v) is 2.58. The number of fused-ring (bicyclic) bond motifs is 1. The van der Waals surface area contributed by atoms with Crippen molar-refractivity contribution in [1.29, 1.82) is 0 Å². The van der Waals surface area contributed by atoms with E-state index in [1.54, 1.807) is 30.1 Å². The van der Waals surface area contributed by atoms with Gasteiger partial charge < -0.3 is 14.8 Å². The molecule has 0 aliphatic rings. The molecule has 3 rings (SSSR count). The Hall–Kier alpha value is -3.07. The highest BCUT2D eigenvalue weighted by Gasteiger charge is 2.17. The monoisotopic (exact) mass is 376 g/mol. The maximum absolute atomic E-state index is 12.8. The molecule has 0 saturated heterocycles. The lowest BCUT2D eigenvalue weighted by molar-refractivity contribution is 0.102. The molecule has 0 bridgehead atoms. The third kappa shape index (κ3) is 4.20. The number of rotatable bonds is 7. The molecule has 1 N–H and O–H groups in total. The summed E-state index contributed by atoms with van der Waals surface area (Å²) in [6.45, 7) is 1.07. The van der Waals surface area contributed by atoms with Crippen LogP contribution in [0.4, 0.5) is 14.6 Å². The number of hydrogen-bond acceptors (Lipinski definition) is 5. The lowest BCUT2D eigenvalue weighted by Crippen LogP contribution is -2.14. The molecule has 0 aliphatic heterocycles. The van der Waals surface area contributed by atoms with Crippen LogP contribution < -0.4 is 10.1 Å². The van der Waals surface area contributed by atoms with Crippen molar-refractivity contribution >= 4 is 22.6 Å². The molecule has 1 aromatic carbocycles. The van der Waals surface area contributed by atoms with Crippen molar-refractivity contribution in [3.8, 4) is 5.75 Å². The first-order valence-corrected chi connectivity index (χ1v) is 8.12. The summed E-state index contributed by atoms with van der Waals surface area (Å²) < 4.78 is 37.6. The number of hydrogen-bond donors (Lipinski definition) is 1. The summed E-state index contributed by atoms with van der Waals surface area (Å²) in [5, 5.41) is 7.67. The number of benzene rings is 1. The minimum absolute atomic E-state index is 0.0377. The van der Waals surface area contributed by atoms with Crippen molar-refractivity contribution in [2.24, 2.45) is 0 Å². The van der Waals surface area contributed by atoms with Gasteiger partial charge in [0.2, 0.25) is 0 Å². The number of ether oxygens (including phenoxy) is 2. The van der Waals surface area contributed by atoms with Gasteiger partial charge in [-0.2, -0.15) is 5.10 Å². The fourth-order valence-electron chi connectivity index (χ4n) is 2.58. The first kappa shape index (κ1) is 18.7. The summed E-state index contributed by atoms with van der Waals surface area (Å²) in [5.41, 5.74) is 0.507. The van der Waals surface area contributed by atoms with Gasteiger partial charge in [-0.1, -0.05) is 6.07 Å². The highest BCUT2D eigenvalue weighted by molar-refractivity contribution is 6.08. The molecule has 2 aromatic heterocycles. The first-order chi connectivity index (χ1) is 13.0. The van der Waals surface area contributed by atoms with E-state index in [1.165, 1.54) is 25.3 Å². The Kier molecular flexibility index (Phi) is 5.60. The van der Waals surface area contributed by atoms with Crippen LogP contribution in [0, 0.1) is 0 Å². The zero-order valence-electron chi connectivity index (χ0n) is 14.8. The molecule has 0 saturated carbocycles. The van der Waals surface area contributed by atoms with E-state index in [0.29, 0.717) is 24.4 Å². The molecule has 0 radical (unpaired) electrons. The molecule has 9 heteroatoms. The zero-order valence-corrected chi connectivity index (χ0v) is 14.8. The minimum Gasteiger partial charge on any atom is -0.496 e. The number of nitrogens with one attached hydrogen (secondary N) is 1. The number of carbonyl (C=O) groups is 1. The van der Waals surface area contributed by atoms with Crippen LogP contribution in [0.2, 0.25) is 0 Å². The number of nitrogens with zero attached hydrogens (tertiary/aromatic N) is 3.